The van der Waals surface area contributed by atoms with Crippen molar-refractivity contribution in [3.63, 3.8) is 0 Å². The molecule has 1 aromatic rings. The third-order valence-electron chi connectivity index (χ3n) is 7.86. The molecule has 5 heteroatoms. The first-order valence-electron chi connectivity index (χ1n) is 14.9. The Bertz CT molecular complexity index is 715. The second-order valence-electron chi connectivity index (χ2n) is 10.9. The number of carbonyl (C=O) groups is 1. The van der Waals surface area contributed by atoms with E-state index in [0.717, 1.165) is 38.5 Å². The molecule has 1 saturated heterocycles. The van der Waals surface area contributed by atoms with Crippen LogP contribution in [0.15, 0.2) is 30.3 Å². The van der Waals surface area contributed by atoms with Gasteiger partial charge in [0.15, 0.2) is 5.79 Å². The maximum Gasteiger partial charge on any atom is 0.338 e. The van der Waals surface area contributed by atoms with Crippen molar-refractivity contribution in [3.05, 3.63) is 35.9 Å². The second-order valence-corrected chi connectivity index (χ2v) is 10.9. The van der Waals surface area contributed by atoms with Crippen LogP contribution in [0, 0.1) is 0 Å². The van der Waals surface area contributed by atoms with Gasteiger partial charge in [-0.25, -0.2) is 4.79 Å². The van der Waals surface area contributed by atoms with Crippen LogP contribution in [0.5, 0.6) is 0 Å². The summed E-state index contributed by atoms with van der Waals surface area (Å²) in [6.45, 7) is 2.62. The second kappa shape index (κ2) is 16.4. The lowest BCUT2D eigenvalue weighted by molar-refractivity contribution is -0.201. The maximum atomic E-state index is 12.8. The molecule has 3 rings (SSSR count). The van der Waals surface area contributed by atoms with E-state index in [2.05, 4.69) is 6.92 Å². The molecular weight excluding hydrogens is 452 g/mol. The van der Waals surface area contributed by atoms with Crippen LogP contribution in [0.3, 0.4) is 0 Å². The lowest BCUT2D eigenvalue weighted by atomic mass is 9.94. The average Bonchev–Trinajstić information content (AvgIpc) is 3.31. The van der Waals surface area contributed by atoms with E-state index in [4.69, 9.17) is 14.2 Å². The summed E-state index contributed by atoms with van der Waals surface area (Å²) in [5.41, 5.74) is 0.511. The minimum Gasteiger partial charge on any atom is -0.456 e. The zero-order valence-electron chi connectivity index (χ0n) is 22.6. The summed E-state index contributed by atoms with van der Waals surface area (Å²) in [4.78, 5) is 12.8. The SMILES string of the molecule is CCCCCCCCCCCCCC[C@H](OC(=O)c1ccccc1)[C@@H](O)[C@H]1COC2(CCCCC2)O1. The molecular formula is C31H50O5. The highest BCUT2D eigenvalue weighted by molar-refractivity contribution is 5.89. The van der Waals surface area contributed by atoms with Crippen molar-refractivity contribution in [2.75, 3.05) is 6.61 Å². The predicted molar refractivity (Wildman–Crippen MR) is 144 cm³/mol. The highest BCUT2D eigenvalue weighted by atomic mass is 16.7. The first-order valence-corrected chi connectivity index (χ1v) is 14.9. The van der Waals surface area contributed by atoms with Crippen LogP contribution in [0.2, 0.25) is 0 Å². The molecule has 1 heterocycles. The predicted octanol–water partition coefficient (Wildman–Crippen LogP) is 7.74. The highest BCUT2D eigenvalue weighted by Crippen LogP contribution is 2.39. The lowest BCUT2D eigenvalue weighted by Crippen LogP contribution is -2.43. The fourth-order valence-electron chi connectivity index (χ4n) is 5.60. The molecule has 3 atom stereocenters. The van der Waals surface area contributed by atoms with Crippen molar-refractivity contribution < 1.29 is 24.1 Å². The van der Waals surface area contributed by atoms with Gasteiger partial charge in [0.1, 0.15) is 18.3 Å². The zero-order valence-corrected chi connectivity index (χ0v) is 22.6. The smallest absolute Gasteiger partial charge is 0.338 e. The van der Waals surface area contributed by atoms with Crippen LogP contribution in [-0.4, -0.2) is 41.8 Å². The Morgan fingerprint density at radius 3 is 2.11 bits per heavy atom. The van der Waals surface area contributed by atoms with Crippen LogP contribution in [0.1, 0.15) is 133 Å². The summed E-state index contributed by atoms with van der Waals surface area (Å²) >= 11 is 0. The van der Waals surface area contributed by atoms with Gasteiger partial charge in [-0.1, -0.05) is 102 Å². The summed E-state index contributed by atoms with van der Waals surface area (Å²) in [6, 6.07) is 9.04. The monoisotopic (exact) mass is 502 g/mol. The quantitative estimate of drug-likeness (QED) is 0.174. The number of ether oxygens (including phenoxy) is 3. The van der Waals surface area contributed by atoms with E-state index in [9.17, 15) is 9.90 Å². The van der Waals surface area contributed by atoms with E-state index in [0.29, 0.717) is 18.6 Å². The number of aliphatic hydroxyl groups excluding tert-OH is 1. The van der Waals surface area contributed by atoms with Gasteiger partial charge in [-0.15, -0.1) is 0 Å². The number of aliphatic hydroxyl groups is 1. The molecule has 1 N–H and O–H groups in total. The van der Waals surface area contributed by atoms with Crippen LogP contribution >= 0.6 is 0 Å². The Kier molecular flexibility index (Phi) is 13.3. The third kappa shape index (κ3) is 9.79. The number of hydrogen-bond donors (Lipinski definition) is 1. The van der Waals surface area contributed by atoms with Crippen molar-refractivity contribution >= 4 is 5.97 Å². The van der Waals surface area contributed by atoms with Gasteiger partial charge in [-0.05, 0) is 37.8 Å². The molecule has 0 radical (unpaired) electrons. The summed E-state index contributed by atoms with van der Waals surface area (Å²) < 4.78 is 18.2. The van der Waals surface area contributed by atoms with Crippen molar-refractivity contribution in [3.8, 4) is 0 Å². The van der Waals surface area contributed by atoms with Gasteiger partial charge in [0.2, 0.25) is 0 Å². The summed E-state index contributed by atoms with van der Waals surface area (Å²) in [5.74, 6) is -0.932. The van der Waals surface area contributed by atoms with Gasteiger partial charge < -0.3 is 19.3 Å². The highest BCUT2D eigenvalue weighted by Gasteiger charge is 2.46. The number of esters is 1. The third-order valence-corrected chi connectivity index (χ3v) is 7.86. The zero-order chi connectivity index (χ0) is 25.5. The standard InChI is InChI=1S/C31H50O5/c1-2-3-4-5-6-7-8-9-10-11-12-17-22-27(35-30(33)26-20-15-13-16-21-26)29(32)28-25-34-31(36-28)23-18-14-19-24-31/h13,15-16,20-21,27-29,32H,2-12,14,17-19,22-25H2,1H3/t27-,28+,29+/m0/s1. The van der Waals surface area contributed by atoms with E-state index in [1.807, 2.05) is 18.2 Å². The van der Waals surface area contributed by atoms with E-state index < -0.39 is 24.1 Å². The Labute approximate surface area is 219 Å². The van der Waals surface area contributed by atoms with E-state index >= 15 is 0 Å². The van der Waals surface area contributed by atoms with Crippen molar-refractivity contribution in [2.45, 2.75) is 147 Å². The average molecular weight is 503 g/mol. The normalized spacial score (nSPS) is 20.9. The Morgan fingerprint density at radius 1 is 0.917 bits per heavy atom. The molecule has 2 aliphatic rings. The molecule has 0 unspecified atom stereocenters. The molecule has 1 spiro atoms. The van der Waals surface area contributed by atoms with Gasteiger partial charge in [0.05, 0.1) is 12.2 Å². The van der Waals surface area contributed by atoms with E-state index in [1.54, 1.807) is 12.1 Å². The minimum absolute atomic E-state index is 0.360. The van der Waals surface area contributed by atoms with Crippen LogP contribution in [0.25, 0.3) is 0 Å². The van der Waals surface area contributed by atoms with Gasteiger partial charge in [0.25, 0.3) is 0 Å². The molecule has 1 aliphatic carbocycles. The Hall–Kier alpha value is -1.43. The van der Waals surface area contributed by atoms with Crippen LogP contribution < -0.4 is 0 Å². The molecule has 0 amide bonds. The summed E-state index contributed by atoms with van der Waals surface area (Å²) in [6.07, 6.45) is 19.2. The van der Waals surface area contributed by atoms with Gasteiger partial charge >= 0.3 is 5.97 Å². The first kappa shape index (κ1) is 29.1. The number of rotatable bonds is 17. The van der Waals surface area contributed by atoms with Gasteiger partial charge in [-0.2, -0.15) is 0 Å². The molecule has 1 saturated carbocycles. The van der Waals surface area contributed by atoms with Crippen molar-refractivity contribution in [2.24, 2.45) is 0 Å². The van der Waals surface area contributed by atoms with Crippen molar-refractivity contribution in [1.82, 2.24) is 0 Å². The Morgan fingerprint density at radius 2 is 1.50 bits per heavy atom. The van der Waals surface area contributed by atoms with Crippen molar-refractivity contribution in [1.29, 1.82) is 0 Å². The molecule has 1 aromatic carbocycles. The van der Waals surface area contributed by atoms with Gasteiger partial charge in [0, 0.05) is 12.8 Å². The number of carbonyl (C=O) groups excluding carboxylic acids is 1. The molecule has 204 valence electrons. The minimum atomic E-state index is -0.883. The fourth-order valence-corrected chi connectivity index (χ4v) is 5.60. The number of benzene rings is 1. The Balaban J connectivity index is 1.41. The lowest BCUT2D eigenvalue weighted by Gasteiger charge is -2.33. The van der Waals surface area contributed by atoms with Crippen LogP contribution in [0.4, 0.5) is 0 Å². The molecule has 36 heavy (non-hydrogen) atoms. The molecule has 2 fully saturated rings. The molecule has 0 bridgehead atoms. The molecule has 5 nitrogen and oxygen atoms in total. The van der Waals surface area contributed by atoms with Gasteiger partial charge in [-0.3, -0.25) is 0 Å². The topological polar surface area (TPSA) is 65.0 Å². The van der Waals surface area contributed by atoms with E-state index in [-0.39, 0.29) is 5.97 Å². The fraction of sp³-hybridized carbons (Fsp3) is 0.774. The summed E-state index contributed by atoms with van der Waals surface area (Å²) in [5, 5.41) is 11.2. The first-order chi connectivity index (χ1) is 17.6. The maximum absolute atomic E-state index is 12.8. The molecule has 0 aromatic heterocycles. The summed E-state index contributed by atoms with van der Waals surface area (Å²) in [7, 11) is 0. The molecule has 1 aliphatic heterocycles. The largest absolute Gasteiger partial charge is 0.456 e. The van der Waals surface area contributed by atoms with E-state index in [1.165, 1.54) is 70.6 Å². The van der Waals surface area contributed by atoms with Crippen LogP contribution in [-0.2, 0) is 14.2 Å². The number of hydrogen-bond acceptors (Lipinski definition) is 5. The number of unbranched alkanes of at least 4 members (excludes halogenated alkanes) is 11.